The molecule has 0 aliphatic heterocycles. The average Bonchev–Trinajstić information content (AvgIpc) is 2.99. The number of aliphatic hydroxyl groups is 1. The first-order chi connectivity index (χ1) is 20.6. The Morgan fingerprint density at radius 1 is 0.886 bits per heavy atom. The van der Waals surface area contributed by atoms with E-state index in [9.17, 15) is 9.90 Å². The Morgan fingerprint density at radius 2 is 1.41 bits per heavy atom. The van der Waals surface area contributed by atoms with Crippen molar-refractivity contribution < 1.29 is 19.1 Å². The molecule has 2 aromatic rings. The van der Waals surface area contributed by atoms with E-state index in [0.717, 1.165) is 29.6 Å². The van der Waals surface area contributed by atoms with Crippen LogP contribution in [0.15, 0.2) is 84.0 Å². The van der Waals surface area contributed by atoms with Gasteiger partial charge in [-0.3, -0.25) is 0 Å². The molecule has 6 heteroatoms. The van der Waals surface area contributed by atoms with Crippen LogP contribution in [-0.2, 0) is 9.16 Å². The van der Waals surface area contributed by atoms with Crippen LogP contribution in [0.1, 0.15) is 88.0 Å². The summed E-state index contributed by atoms with van der Waals surface area (Å²) in [7, 11) is -5.25. The Labute approximate surface area is 271 Å². The Hall–Kier alpha value is -1.81. The molecule has 0 bridgehead atoms. The molecule has 3 atom stereocenters. The van der Waals surface area contributed by atoms with Crippen LogP contribution in [0.25, 0.3) is 0 Å². The molecule has 0 aliphatic rings. The Bertz CT molecular complexity index is 1140. The summed E-state index contributed by atoms with van der Waals surface area (Å²) < 4.78 is 13.3. The minimum Gasteiger partial charge on any atom is -0.424 e. The van der Waals surface area contributed by atoms with Crippen LogP contribution >= 0.6 is 0 Å². The molecule has 44 heavy (non-hydrogen) atoms. The molecule has 246 valence electrons. The van der Waals surface area contributed by atoms with E-state index in [1.54, 1.807) is 0 Å². The number of ether oxygens (including phenoxy) is 1. The van der Waals surface area contributed by atoms with Gasteiger partial charge in [0.15, 0.2) is 8.32 Å². The zero-order chi connectivity index (χ0) is 33.2. The van der Waals surface area contributed by atoms with Gasteiger partial charge in [-0.1, -0.05) is 126 Å². The summed E-state index contributed by atoms with van der Waals surface area (Å²) in [6.45, 7) is 25.0. The predicted octanol–water partition coefficient (Wildman–Crippen LogP) is 8.40. The van der Waals surface area contributed by atoms with E-state index in [4.69, 9.17) is 9.16 Å². The van der Waals surface area contributed by atoms with Crippen molar-refractivity contribution in [2.45, 2.75) is 123 Å². The van der Waals surface area contributed by atoms with Crippen LogP contribution in [0.4, 0.5) is 0 Å². The highest BCUT2D eigenvalue weighted by Gasteiger charge is 2.51. The molecule has 2 aromatic carbocycles. The smallest absolute Gasteiger partial charge is 0.258 e. The maximum absolute atomic E-state index is 12.9. The van der Waals surface area contributed by atoms with E-state index in [-0.39, 0.29) is 29.8 Å². The molecule has 4 nitrogen and oxygen atoms in total. The second kappa shape index (κ2) is 16.7. The Morgan fingerprint density at radius 3 is 1.84 bits per heavy atom. The summed E-state index contributed by atoms with van der Waals surface area (Å²) in [4.78, 5) is 12.9. The quantitative estimate of drug-likeness (QED) is 0.104. The lowest BCUT2D eigenvalue weighted by Gasteiger charge is -2.44. The maximum Gasteiger partial charge on any atom is 0.258 e. The zero-order valence-electron chi connectivity index (χ0n) is 29.6. The number of hydrogen-bond acceptors (Lipinski definition) is 4. The lowest BCUT2D eigenvalue weighted by molar-refractivity contribution is -0.0197. The van der Waals surface area contributed by atoms with Gasteiger partial charge >= 0.3 is 0 Å². The molecule has 0 unspecified atom stereocenters. The fourth-order valence-electron chi connectivity index (χ4n) is 5.75. The van der Waals surface area contributed by atoms with Crippen molar-refractivity contribution >= 4 is 27.0 Å². The standard InChI is InChI=1S/C38H62O4Si2/c1-12-14-27-41-36(29-39)34(31(4)25-26-35(30(3)13-2)42-43(10,11)37(5,6)7)28-38(8,9)44(40,32-21-17-15-18-22-32)33-23-19-16-20-24-33/h13,15-25,34-36,39-40H,12,14,26-29H2,1-11H3/b30-13-,31-25+/t34-,35-,36-/m1/s1. The van der Waals surface area contributed by atoms with Gasteiger partial charge < -0.3 is 19.1 Å². The van der Waals surface area contributed by atoms with Crippen LogP contribution in [0.5, 0.6) is 0 Å². The largest absolute Gasteiger partial charge is 0.424 e. The molecule has 0 saturated heterocycles. The van der Waals surface area contributed by atoms with Gasteiger partial charge in [0.05, 0.1) is 18.8 Å². The van der Waals surface area contributed by atoms with E-state index in [2.05, 4.69) is 112 Å². The Kier molecular flexibility index (Phi) is 14.5. The van der Waals surface area contributed by atoms with Crippen molar-refractivity contribution in [1.29, 1.82) is 0 Å². The number of allylic oxidation sites excluding steroid dienone is 1. The van der Waals surface area contributed by atoms with Gasteiger partial charge in [-0.15, -0.1) is 0 Å². The van der Waals surface area contributed by atoms with E-state index in [0.29, 0.717) is 13.0 Å². The number of aliphatic hydroxyl groups excluding tert-OH is 1. The molecule has 0 aliphatic carbocycles. The summed E-state index contributed by atoms with van der Waals surface area (Å²) in [6.07, 6.45) is 7.54. The Balaban J connectivity index is 2.58. The van der Waals surface area contributed by atoms with Gasteiger partial charge in [0.1, 0.15) is 0 Å². The van der Waals surface area contributed by atoms with Gasteiger partial charge in [-0.25, -0.2) is 0 Å². The topological polar surface area (TPSA) is 58.9 Å². The number of hydrogen-bond donors (Lipinski definition) is 2. The second-order valence-electron chi connectivity index (χ2n) is 14.7. The van der Waals surface area contributed by atoms with Crippen molar-refractivity contribution in [2.24, 2.45) is 5.92 Å². The van der Waals surface area contributed by atoms with Gasteiger partial charge in [-0.05, 0) is 79.2 Å². The number of rotatable bonds is 17. The third-order valence-electron chi connectivity index (χ3n) is 10.00. The van der Waals surface area contributed by atoms with E-state index < -0.39 is 21.7 Å². The third kappa shape index (κ3) is 9.60. The molecule has 0 heterocycles. The highest BCUT2D eigenvalue weighted by Crippen LogP contribution is 2.45. The lowest BCUT2D eigenvalue weighted by atomic mass is 9.85. The van der Waals surface area contributed by atoms with Gasteiger partial charge in [0.2, 0.25) is 0 Å². The highest BCUT2D eigenvalue weighted by molar-refractivity contribution is 6.98. The van der Waals surface area contributed by atoms with Crippen LogP contribution in [0, 0.1) is 5.92 Å². The van der Waals surface area contributed by atoms with Crippen LogP contribution in [-0.4, -0.2) is 52.0 Å². The van der Waals surface area contributed by atoms with Crippen molar-refractivity contribution in [2.75, 3.05) is 13.2 Å². The summed E-state index contributed by atoms with van der Waals surface area (Å²) in [6, 6.07) is 20.4. The van der Waals surface area contributed by atoms with Crippen molar-refractivity contribution in [3.63, 3.8) is 0 Å². The predicted molar refractivity (Wildman–Crippen MR) is 194 cm³/mol. The summed E-state index contributed by atoms with van der Waals surface area (Å²) >= 11 is 0. The fraction of sp³-hybridized carbons (Fsp3) is 0.579. The van der Waals surface area contributed by atoms with Crippen molar-refractivity contribution in [3.8, 4) is 0 Å². The van der Waals surface area contributed by atoms with Crippen LogP contribution in [0.3, 0.4) is 0 Å². The van der Waals surface area contributed by atoms with Gasteiger partial charge in [0.25, 0.3) is 8.32 Å². The minimum atomic E-state index is -3.25. The van der Waals surface area contributed by atoms with E-state index in [1.165, 1.54) is 11.1 Å². The molecule has 0 radical (unpaired) electrons. The minimum absolute atomic E-state index is 0.00182. The number of unbranched alkanes of at least 4 members (excludes halogenated alkanes) is 1. The van der Waals surface area contributed by atoms with Gasteiger partial charge in [-0.2, -0.15) is 0 Å². The van der Waals surface area contributed by atoms with Crippen LogP contribution < -0.4 is 10.4 Å². The summed E-state index contributed by atoms with van der Waals surface area (Å²) in [5, 5.41) is 12.3. The highest BCUT2D eigenvalue weighted by atomic mass is 28.4. The number of benzene rings is 2. The first-order valence-electron chi connectivity index (χ1n) is 16.6. The summed E-state index contributed by atoms with van der Waals surface area (Å²) in [5.41, 5.74) is 2.42. The molecule has 0 fully saturated rings. The molecule has 0 amide bonds. The fourth-order valence-corrected chi connectivity index (χ4v) is 10.9. The van der Waals surface area contributed by atoms with Crippen molar-refractivity contribution in [1.82, 2.24) is 0 Å². The maximum atomic E-state index is 12.9. The normalized spacial score (nSPS) is 16.1. The second-order valence-corrected chi connectivity index (χ2v) is 23.4. The lowest BCUT2D eigenvalue weighted by Crippen LogP contribution is -2.65. The molecule has 0 spiro atoms. The molecule has 0 aromatic heterocycles. The first kappa shape index (κ1) is 38.4. The van der Waals surface area contributed by atoms with E-state index >= 15 is 0 Å². The molecule has 2 rings (SSSR count). The molecular formula is C38H62O4Si2. The molecular weight excluding hydrogens is 577 g/mol. The monoisotopic (exact) mass is 638 g/mol. The van der Waals surface area contributed by atoms with E-state index in [1.807, 2.05) is 36.4 Å². The van der Waals surface area contributed by atoms with Crippen LogP contribution in [0.2, 0.25) is 23.2 Å². The molecule has 2 N–H and O–H groups in total. The summed E-state index contributed by atoms with van der Waals surface area (Å²) in [5.74, 6) is -0.0715. The zero-order valence-corrected chi connectivity index (χ0v) is 31.6. The van der Waals surface area contributed by atoms with Gasteiger partial charge in [0, 0.05) is 12.5 Å². The first-order valence-corrected chi connectivity index (χ1v) is 21.4. The third-order valence-corrected chi connectivity index (χ3v) is 19.0. The average molecular weight is 639 g/mol. The molecule has 0 saturated carbocycles. The van der Waals surface area contributed by atoms with Crippen molar-refractivity contribution in [3.05, 3.63) is 84.0 Å². The SMILES string of the molecule is C/C=C(/C)[C@@H](C/C=C(\C)[C@@H](CC(C)(C)[Si](O)(c1ccccc1)c1ccccc1)[C@@H](CO)OCCCC)O[Si](C)(C)C(C)(C)C.